The van der Waals surface area contributed by atoms with Crippen LogP contribution in [-0.4, -0.2) is 32.2 Å². The van der Waals surface area contributed by atoms with Crippen molar-refractivity contribution < 1.29 is 14.3 Å². The summed E-state index contributed by atoms with van der Waals surface area (Å²) in [6.07, 6.45) is 1.25. The predicted octanol–water partition coefficient (Wildman–Crippen LogP) is 0.863. The van der Waals surface area contributed by atoms with Gasteiger partial charge in [0.1, 0.15) is 5.69 Å². The number of hydrogen-bond acceptors (Lipinski definition) is 5. The number of aliphatic hydroxyl groups is 1. The molecule has 2 heterocycles. The molecule has 88 valence electrons. The molecule has 2 aromatic heterocycles. The van der Waals surface area contributed by atoms with Gasteiger partial charge in [-0.3, -0.25) is 9.89 Å². The van der Waals surface area contributed by atoms with Crippen molar-refractivity contribution in [1.82, 2.24) is 15.2 Å². The minimum absolute atomic E-state index is 0.113. The number of ketones is 1. The van der Waals surface area contributed by atoms with Crippen molar-refractivity contribution in [1.29, 1.82) is 0 Å². The summed E-state index contributed by atoms with van der Waals surface area (Å²) in [5, 5.41) is 16.4. The van der Waals surface area contributed by atoms with Crippen molar-refractivity contribution in [2.24, 2.45) is 0 Å². The zero-order valence-electron chi connectivity index (χ0n) is 9.23. The first-order valence-corrected chi connectivity index (χ1v) is 5.35. The van der Waals surface area contributed by atoms with Crippen LogP contribution in [0.2, 0.25) is 0 Å². The summed E-state index contributed by atoms with van der Waals surface area (Å²) in [6.45, 7) is 1.79. The number of aryl methyl sites for hydroxylation is 1. The van der Waals surface area contributed by atoms with E-state index in [1.807, 2.05) is 0 Å². The van der Waals surface area contributed by atoms with E-state index in [2.05, 4.69) is 15.2 Å². The Morgan fingerprint density at radius 2 is 2.35 bits per heavy atom. The standard InChI is InChI=1S/C11H11N3O3/c1-5-11(17-4-12-5)10-9-7(13-14-10)2-6(15)3-8(9)16/h4,6,15H,2-3H2,1H3,(H,13,14). The van der Waals surface area contributed by atoms with Crippen LogP contribution in [0.5, 0.6) is 0 Å². The Morgan fingerprint density at radius 1 is 1.53 bits per heavy atom. The molecule has 6 nitrogen and oxygen atoms in total. The lowest BCUT2D eigenvalue weighted by atomic mass is 9.92. The number of nitrogens with zero attached hydrogens (tertiary/aromatic N) is 2. The maximum Gasteiger partial charge on any atom is 0.181 e. The first kappa shape index (κ1) is 10.2. The Balaban J connectivity index is 2.16. The third kappa shape index (κ3) is 1.49. The smallest absolute Gasteiger partial charge is 0.181 e. The molecule has 1 aliphatic carbocycles. The largest absolute Gasteiger partial charge is 0.441 e. The van der Waals surface area contributed by atoms with E-state index in [0.717, 1.165) is 0 Å². The van der Waals surface area contributed by atoms with Gasteiger partial charge in [0.15, 0.2) is 17.9 Å². The number of nitrogens with one attached hydrogen (secondary N) is 1. The molecule has 1 atom stereocenters. The fraction of sp³-hybridized carbons (Fsp3) is 0.364. The summed E-state index contributed by atoms with van der Waals surface area (Å²) in [7, 11) is 0. The topological polar surface area (TPSA) is 92.0 Å². The summed E-state index contributed by atoms with van der Waals surface area (Å²) in [6, 6.07) is 0. The van der Waals surface area contributed by atoms with Crippen molar-refractivity contribution in [2.75, 3.05) is 0 Å². The molecule has 2 N–H and O–H groups in total. The Morgan fingerprint density at radius 3 is 3.06 bits per heavy atom. The van der Waals surface area contributed by atoms with Gasteiger partial charge in [-0.25, -0.2) is 4.98 Å². The van der Waals surface area contributed by atoms with Gasteiger partial charge in [-0.2, -0.15) is 5.10 Å². The van der Waals surface area contributed by atoms with Crippen LogP contribution in [0.1, 0.15) is 28.2 Å². The molecule has 17 heavy (non-hydrogen) atoms. The average Bonchev–Trinajstić information content (AvgIpc) is 2.83. The summed E-state index contributed by atoms with van der Waals surface area (Å²) in [4.78, 5) is 15.9. The number of Topliss-reactive ketones (excluding diaryl/α,β-unsaturated/α-hetero) is 1. The minimum atomic E-state index is -0.626. The third-order valence-electron chi connectivity index (χ3n) is 2.94. The molecule has 0 amide bonds. The number of carbonyl (C=O) groups is 1. The van der Waals surface area contributed by atoms with Gasteiger partial charge < -0.3 is 9.52 Å². The molecule has 6 heteroatoms. The highest BCUT2D eigenvalue weighted by Crippen LogP contribution is 2.30. The normalized spacial score (nSPS) is 19.4. The maximum absolute atomic E-state index is 11.9. The van der Waals surface area contributed by atoms with E-state index in [9.17, 15) is 9.90 Å². The Hall–Kier alpha value is -1.95. The number of H-pyrrole nitrogens is 1. The second-order valence-corrected chi connectivity index (χ2v) is 4.18. The first-order valence-electron chi connectivity index (χ1n) is 5.35. The van der Waals surface area contributed by atoms with E-state index in [0.29, 0.717) is 34.8 Å². The van der Waals surface area contributed by atoms with E-state index in [4.69, 9.17) is 4.42 Å². The minimum Gasteiger partial charge on any atom is -0.441 e. The lowest BCUT2D eigenvalue weighted by molar-refractivity contribution is 0.0852. The average molecular weight is 233 g/mol. The number of aromatic amines is 1. The number of carbonyl (C=O) groups excluding carboxylic acids is 1. The van der Waals surface area contributed by atoms with E-state index in [1.165, 1.54) is 6.39 Å². The highest BCUT2D eigenvalue weighted by atomic mass is 16.3. The fourth-order valence-corrected chi connectivity index (χ4v) is 2.14. The van der Waals surface area contributed by atoms with Crippen LogP contribution in [-0.2, 0) is 6.42 Å². The van der Waals surface area contributed by atoms with Crippen molar-refractivity contribution >= 4 is 5.78 Å². The molecule has 0 spiro atoms. The first-order chi connectivity index (χ1) is 8.16. The number of aromatic nitrogens is 3. The highest BCUT2D eigenvalue weighted by Gasteiger charge is 2.31. The van der Waals surface area contributed by atoms with E-state index >= 15 is 0 Å². The highest BCUT2D eigenvalue weighted by molar-refractivity contribution is 6.03. The molecule has 3 rings (SSSR count). The molecule has 0 radical (unpaired) electrons. The van der Waals surface area contributed by atoms with Gasteiger partial charge in [0.25, 0.3) is 0 Å². The van der Waals surface area contributed by atoms with Crippen molar-refractivity contribution in [3.05, 3.63) is 23.3 Å². The van der Waals surface area contributed by atoms with Crippen LogP contribution in [0.15, 0.2) is 10.8 Å². The molecule has 0 aliphatic heterocycles. The van der Waals surface area contributed by atoms with Crippen LogP contribution in [0.4, 0.5) is 0 Å². The summed E-state index contributed by atoms with van der Waals surface area (Å²) in [5.41, 5.74) is 2.37. The quantitative estimate of drug-likeness (QED) is 0.762. The van der Waals surface area contributed by atoms with Gasteiger partial charge in [0.05, 0.1) is 17.4 Å². The number of oxazole rings is 1. The summed E-state index contributed by atoms with van der Waals surface area (Å²) >= 11 is 0. The van der Waals surface area contributed by atoms with Crippen LogP contribution in [0.25, 0.3) is 11.5 Å². The fourth-order valence-electron chi connectivity index (χ4n) is 2.14. The number of rotatable bonds is 1. The molecule has 0 fully saturated rings. The van der Waals surface area contributed by atoms with Crippen LogP contribution < -0.4 is 0 Å². The van der Waals surface area contributed by atoms with Crippen molar-refractivity contribution in [3.8, 4) is 11.5 Å². The molecule has 0 bridgehead atoms. The van der Waals surface area contributed by atoms with E-state index < -0.39 is 6.10 Å². The SMILES string of the molecule is Cc1ncoc1-c1n[nH]c2c1C(=O)CC(O)C2. The predicted molar refractivity (Wildman–Crippen MR) is 57.5 cm³/mol. The van der Waals surface area contributed by atoms with Gasteiger partial charge in [-0.05, 0) is 6.92 Å². The molecule has 0 saturated carbocycles. The molecular formula is C11H11N3O3. The van der Waals surface area contributed by atoms with Crippen LogP contribution >= 0.6 is 0 Å². The summed E-state index contributed by atoms with van der Waals surface area (Å²) < 4.78 is 5.24. The van der Waals surface area contributed by atoms with Crippen molar-refractivity contribution in [2.45, 2.75) is 25.9 Å². The lowest BCUT2D eigenvalue weighted by Gasteiger charge is -2.15. The second kappa shape index (κ2) is 3.53. The lowest BCUT2D eigenvalue weighted by Crippen LogP contribution is -2.23. The molecular weight excluding hydrogens is 222 g/mol. The van der Waals surface area contributed by atoms with Gasteiger partial charge in [0.2, 0.25) is 0 Å². The monoisotopic (exact) mass is 233 g/mol. The molecule has 2 aromatic rings. The molecule has 0 aromatic carbocycles. The zero-order valence-corrected chi connectivity index (χ0v) is 9.23. The van der Waals surface area contributed by atoms with Gasteiger partial charge in [-0.1, -0.05) is 0 Å². The van der Waals surface area contributed by atoms with Gasteiger partial charge in [0, 0.05) is 18.5 Å². The van der Waals surface area contributed by atoms with Crippen LogP contribution in [0.3, 0.4) is 0 Å². The maximum atomic E-state index is 11.9. The number of hydrogen-bond donors (Lipinski definition) is 2. The van der Waals surface area contributed by atoms with Gasteiger partial charge in [-0.15, -0.1) is 0 Å². The molecule has 1 aliphatic rings. The Bertz CT molecular complexity index is 585. The van der Waals surface area contributed by atoms with E-state index in [1.54, 1.807) is 6.92 Å². The Kier molecular flexibility index (Phi) is 2.12. The molecule has 1 unspecified atom stereocenters. The number of aliphatic hydroxyl groups excluding tert-OH is 1. The van der Waals surface area contributed by atoms with Gasteiger partial charge >= 0.3 is 0 Å². The zero-order chi connectivity index (χ0) is 12.0. The third-order valence-corrected chi connectivity index (χ3v) is 2.94. The van der Waals surface area contributed by atoms with Crippen molar-refractivity contribution in [3.63, 3.8) is 0 Å². The molecule has 0 saturated heterocycles. The number of fused-ring (bicyclic) bond motifs is 1. The van der Waals surface area contributed by atoms with E-state index in [-0.39, 0.29) is 12.2 Å². The Labute approximate surface area is 96.7 Å². The van der Waals surface area contributed by atoms with Crippen LogP contribution in [0, 0.1) is 6.92 Å². The summed E-state index contributed by atoms with van der Waals surface area (Å²) in [5.74, 6) is 0.394. The second-order valence-electron chi connectivity index (χ2n) is 4.18.